The highest BCUT2D eigenvalue weighted by atomic mass is 16.2. The van der Waals surface area contributed by atoms with Gasteiger partial charge in [0.05, 0.1) is 0 Å². The molecule has 1 atom stereocenters. The second-order valence-electron chi connectivity index (χ2n) is 5.32. The number of piperidine rings is 1. The second-order valence-corrected chi connectivity index (χ2v) is 5.32. The van der Waals surface area contributed by atoms with Gasteiger partial charge in [0.2, 0.25) is 0 Å². The quantitative estimate of drug-likeness (QED) is 0.754. The first-order valence-electron chi connectivity index (χ1n) is 6.44. The zero-order valence-corrected chi connectivity index (χ0v) is 10.1. The summed E-state index contributed by atoms with van der Waals surface area (Å²) in [5.74, 6) is 1.78. The van der Waals surface area contributed by atoms with E-state index in [9.17, 15) is 4.79 Å². The Morgan fingerprint density at radius 1 is 1.38 bits per heavy atom. The summed E-state index contributed by atoms with van der Waals surface area (Å²) in [6.07, 6.45) is 4.92. The van der Waals surface area contributed by atoms with Crippen molar-refractivity contribution in [3.63, 3.8) is 0 Å². The van der Waals surface area contributed by atoms with Crippen molar-refractivity contribution in [2.45, 2.75) is 38.6 Å². The molecular formula is C12H23N3O. The van der Waals surface area contributed by atoms with Gasteiger partial charge < -0.3 is 16.0 Å². The van der Waals surface area contributed by atoms with Gasteiger partial charge in [-0.2, -0.15) is 0 Å². The van der Waals surface area contributed by atoms with Crippen LogP contribution in [0.5, 0.6) is 0 Å². The van der Waals surface area contributed by atoms with Crippen molar-refractivity contribution in [2.24, 2.45) is 17.6 Å². The summed E-state index contributed by atoms with van der Waals surface area (Å²) in [7, 11) is 0. The van der Waals surface area contributed by atoms with Gasteiger partial charge in [-0.1, -0.05) is 6.92 Å². The zero-order valence-electron chi connectivity index (χ0n) is 10.1. The lowest BCUT2D eigenvalue weighted by molar-refractivity contribution is 0.184. The molecule has 16 heavy (non-hydrogen) atoms. The van der Waals surface area contributed by atoms with Gasteiger partial charge in [-0.15, -0.1) is 0 Å². The third-order valence-electron chi connectivity index (χ3n) is 3.96. The Labute approximate surface area is 97.6 Å². The lowest BCUT2D eigenvalue weighted by atomic mass is 10.0. The number of hydrogen-bond acceptors (Lipinski definition) is 2. The standard InChI is InChI=1S/C12H23N3O/c1-9(10-2-3-10)8-14-11-4-6-15(7-5-11)12(13)16/h9-11,14H,2-8H2,1H3,(H2,13,16). The van der Waals surface area contributed by atoms with Crippen LogP contribution in [0.2, 0.25) is 0 Å². The number of nitrogens with two attached hydrogens (primary N) is 1. The maximum Gasteiger partial charge on any atom is 0.314 e. The van der Waals surface area contributed by atoms with Gasteiger partial charge >= 0.3 is 6.03 Å². The summed E-state index contributed by atoms with van der Waals surface area (Å²) < 4.78 is 0. The molecule has 2 fully saturated rings. The molecule has 1 aliphatic heterocycles. The summed E-state index contributed by atoms with van der Waals surface area (Å²) >= 11 is 0. The number of hydrogen-bond donors (Lipinski definition) is 2. The van der Waals surface area contributed by atoms with Crippen LogP contribution in [0.1, 0.15) is 32.6 Å². The first-order valence-corrected chi connectivity index (χ1v) is 6.44. The summed E-state index contributed by atoms with van der Waals surface area (Å²) in [6.45, 7) is 5.09. The molecule has 2 rings (SSSR count). The lowest BCUT2D eigenvalue weighted by Gasteiger charge is -2.32. The van der Waals surface area contributed by atoms with Crippen molar-refractivity contribution < 1.29 is 4.79 Å². The molecular weight excluding hydrogens is 202 g/mol. The first-order chi connectivity index (χ1) is 7.66. The number of nitrogens with zero attached hydrogens (tertiary/aromatic N) is 1. The molecule has 1 aliphatic carbocycles. The molecule has 1 unspecified atom stereocenters. The molecule has 92 valence electrons. The molecule has 1 saturated carbocycles. The van der Waals surface area contributed by atoms with E-state index in [1.165, 1.54) is 12.8 Å². The molecule has 0 spiro atoms. The van der Waals surface area contributed by atoms with E-state index in [1.807, 2.05) is 0 Å². The van der Waals surface area contributed by atoms with Gasteiger partial charge in [-0.3, -0.25) is 0 Å². The van der Waals surface area contributed by atoms with E-state index in [2.05, 4.69) is 12.2 Å². The lowest BCUT2D eigenvalue weighted by Crippen LogP contribution is -2.47. The van der Waals surface area contributed by atoms with Crippen molar-refractivity contribution >= 4 is 6.03 Å². The van der Waals surface area contributed by atoms with E-state index in [4.69, 9.17) is 5.73 Å². The molecule has 0 aromatic heterocycles. The molecule has 0 bridgehead atoms. The van der Waals surface area contributed by atoms with Crippen molar-refractivity contribution in [3.8, 4) is 0 Å². The smallest absolute Gasteiger partial charge is 0.314 e. The highest BCUT2D eigenvalue weighted by Crippen LogP contribution is 2.36. The first kappa shape index (κ1) is 11.7. The van der Waals surface area contributed by atoms with Crippen molar-refractivity contribution in [1.82, 2.24) is 10.2 Å². The third-order valence-corrected chi connectivity index (χ3v) is 3.96. The van der Waals surface area contributed by atoms with Crippen LogP contribution < -0.4 is 11.1 Å². The van der Waals surface area contributed by atoms with Gasteiger partial charge in [0.1, 0.15) is 0 Å². The normalized spacial score (nSPS) is 24.4. The molecule has 1 saturated heterocycles. The van der Waals surface area contributed by atoms with Crippen LogP contribution in [0, 0.1) is 11.8 Å². The molecule has 0 aromatic rings. The highest BCUT2D eigenvalue weighted by molar-refractivity contribution is 5.72. The monoisotopic (exact) mass is 225 g/mol. The Bertz CT molecular complexity index is 245. The molecule has 0 aromatic carbocycles. The average Bonchev–Trinajstić information content (AvgIpc) is 3.10. The molecule has 2 aliphatic rings. The Morgan fingerprint density at radius 3 is 2.50 bits per heavy atom. The fourth-order valence-electron chi connectivity index (χ4n) is 2.49. The van der Waals surface area contributed by atoms with Crippen LogP contribution >= 0.6 is 0 Å². The van der Waals surface area contributed by atoms with Crippen LogP contribution in [0.15, 0.2) is 0 Å². The number of likely N-dealkylation sites (tertiary alicyclic amines) is 1. The summed E-state index contributed by atoms with van der Waals surface area (Å²) in [5, 5.41) is 3.62. The van der Waals surface area contributed by atoms with Crippen LogP contribution in [0.25, 0.3) is 0 Å². The van der Waals surface area contributed by atoms with E-state index < -0.39 is 0 Å². The van der Waals surface area contributed by atoms with Crippen LogP contribution in [-0.2, 0) is 0 Å². The number of rotatable bonds is 4. The zero-order chi connectivity index (χ0) is 11.5. The number of amides is 2. The maximum atomic E-state index is 11.0. The average molecular weight is 225 g/mol. The van der Waals surface area contributed by atoms with E-state index in [0.29, 0.717) is 6.04 Å². The molecule has 4 nitrogen and oxygen atoms in total. The Kier molecular flexibility index (Phi) is 3.69. The van der Waals surface area contributed by atoms with Gasteiger partial charge in [-0.25, -0.2) is 4.79 Å². The molecule has 2 amide bonds. The maximum absolute atomic E-state index is 11.0. The van der Waals surface area contributed by atoms with Crippen LogP contribution in [0.3, 0.4) is 0 Å². The van der Waals surface area contributed by atoms with E-state index in [1.54, 1.807) is 4.90 Å². The molecule has 3 N–H and O–H groups in total. The van der Waals surface area contributed by atoms with Crippen molar-refractivity contribution in [3.05, 3.63) is 0 Å². The van der Waals surface area contributed by atoms with Gasteiger partial charge in [0.15, 0.2) is 0 Å². The summed E-state index contributed by atoms with van der Waals surface area (Å²) in [6, 6.07) is 0.307. The van der Waals surface area contributed by atoms with Crippen molar-refractivity contribution in [1.29, 1.82) is 0 Å². The van der Waals surface area contributed by atoms with E-state index in [0.717, 1.165) is 44.3 Å². The largest absolute Gasteiger partial charge is 0.351 e. The molecule has 4 heteroatoms. The van der Waals surface area contributed by atoms with Gasteiger partial charge in [-0.05, 0) is 44.1 Å². The second kappa shape index (κ2) is 5.04. The predicted molar refractivity (Wildman–Crippen MR) is 64.1 cm³/mol. The summed E-state index contributed by atoms with van der Waals surface area (Å²) in [4.78, 5) is 12.7. The Balaban J connectivity index is 1.63. The number of carbonyl (C=O) groups is 1. The van der Waals surface area contributed by atoms with Gasteiger partial charge in [0.25, 0.3) is 0 Å². The van der Waals surface area contributed by atoms with Crippen molar-refractivity contribution in [2.75, 3.05) is 19.6 Å². The molecule has 1 heterocycles. The fraction of sp³-hybridized carbons (Fsp3) is 0.917. The minimum atomic E-state index is -0.273. The fourth-order valence-corrected chi connectivity index (χ4v) is 2.49. The van der Waals surface area contributed by atoms with Crippen LogP contribution in [-0.4, -0.2) is 36.6 Å². The van der Waals surface area contributed by atoms with Crippen LogP contribution in [0.4, 0.5) is 4.79 Å². The topological polar surface area (TPSA) is 58.4 Å². The van der Waals surface area contributed by atoms with E-state index >= 15 is 0 Å². The third kappa shape index (κ3) is 3.11. The minimum Gasteiger partial charge on any atom is -0.351 e. The Hall–Kier alpha value is -0.770. The number of nitrogens with one attached hydrogen (secondary N) is 1. The summed E-state index contributed by atoms with van der Waals surface area (Å²) in [5.41, 5.74) is 5.25. The number of carbonyl (C=O) groups excluding carboxylic acids is 1. The minimum absolute atomic E-state index is 0.273. The highest BCUT2D eigenvalue weighted by Gasteiger charge is 2.28. The van der Waals surface area contributed by atoms with Gasteiger partial charge in [0, 0.05) is 19.1 Å². The number of primary amides is 1. The van der Waals surface area contributed by atoms with E-state index in [-0.39, 0.29) is 6.03 Å². The SMILES string of the molecule is CC(CNC1CCN(C(N)=O)CC1)C1CC1. The predicted octanol–water partition coefficient (Wildman–Crippen LogP) is 1.17. The Morgan fingerprint density at radius 2 is 2.00 bits per heavy atom. The number of urea groups is 1. The molecule has 0 radical (unpaired) electrons.